The molecule has 1 atom stereocenters. The molecule has 0 fully saturated rings. The number of thioether (sulfide) groups is 1. The minimum atomic E-state index is -0.302. The van der Waals surface area contributed by atoms with Crippen LogP contribution in [0.2, 0.25) is 0 Å². The Hall–Kier alpha value is -3.33. The molecule has 0 radical (unpaired) electrons. The molecule has 1 amide bonds. The number of para-hydroxylation sites is 1. The van der Waals surface area contributed by atoms with Gasteiger partial charge in [-0.05, 0) is 43.5 Å². The van der Waals surface area contributed by atoms with Gasteiger partial charge in [0.1, 0.15) is 5.52 Å². The molecule has 2 aromatic carbocycles. The van der Waals surface area contributed by atoms with E-state index in [2.05, 4.69) is 33.1 Å². The number of fused-ring (bicyclic) bond motifs is 3. The molecule has 0 saturated heterocycles. The number of methoxy groups -OCH3 is 2. The summed E-state index contributed by atoms with van der Waals surface area (Å²) in [5.41, 5.74) is 3.73. The normalized spacial score (nSPS) is 12.1. The number of nitrogens with zero attached hydrogens (tertiary/aromatic N) is 4. The molecular formula is C25H29N5O3S. The zero-order valence-electron chi connectivity index (χ0n) is 19.9. The number of rotatable bonds is 10. The van der Waals surface area contributed by atoms with Crippen molar-refractivity contribution in [1.29, 1.82) is 0 Å². The summed E-state index contributed by atoms with van der Waals surface area (Å²) in [6, 6.07) is 13.9. The number of carbonyl (C=O) groups is 1. The van der Waals surface area contributed by atoms with Gasteiger partial charge >= 0.3 is 0 Å². The standard InChI is InChI=1S/C25H29N5O3S/c1-5-21(24(31)26-14-13-16-11-12-19(32-3)20(15-16)33-4)34-25-27-23-22(28-29-25)17-9-7-8-10-18(17)30(23)6-2/h7-12,15,21H,5-6,13-14H2,1-4H3,(H,26,31). The fourth-order valence-corrected chi connectivity index (χ4v) is 4.83. The van der Waals surface area contributed by atoms with Gasteiger partial charge in [0.2, 0.25) is 11.1 Å². The number of carbonyl (C=O) groups excluding carboxylic acids is 1. The van der Waals surface area contributed by atoms with Crippen LogP contribution in [-0.4, -0.2) is 51.7 Å². The fourth-order valence-electron chi connectivity index (χ4n) is 3.99. The first-order valence-electron chi connectivity index (χ1n) is 11.4. The molecule has 0 aliphatic rings. The van der Waals surface area contributed by atoms with Gasteiger partial charge in [0.05, 0.1) is 25.0 Å². The molecule has 8 nitrogen and oxygen atoms in total. The maximum absolute atomic E-state index is 12.9. The van der Waals surface area contributed by atoms with Gasteiger partial charge in [-0.3, -0.25) is 4.79 Å². The lowest BCUT2D eigenvalue weighted by Gasteiger charge is -2.14. The summed E-state index contributed by atoms with van der Waals surface area (Å²) < 4.78 is 12.8. The van der Waals surface area contributed by atoms with Crippen LogP contribution in [0.1, 0.15) is 25.8 Å². The fraction of sp³-hybridized carbons (Fsp3) is 0.360. The van der Waals surface area contributed by atoms with Crippen molar-refractivity contribution in [1.82, 2.24) is 25.1 Å². The van der Waals surface area contributed by atoms with E-state index in [-0.39, 0.29) is 11.2 Å². The quantitative estimate of drug-likeness (QED) is 0.340. The molecule has 34 heavy (non-hydrogen) atoms. The first-order valence-corrected chi connectivity index (χ1v) is 12.2. The van der Waals surface area contributed by atoms with Crippen molar-refractivity contribution in [3.8, 4) is 11.5 Å². The monoisotopic (exact) mass is 479 g/mol. The van der Waals surface area contributed by atoms with Crippen molar-refractivity contribution >= 4 is 39.7 Å². The highest BCUT2D eigenvalue weighted by molar-refractivity contribution is 8.00. The lowest BCUT2D eigenvalue weighted by molar-refractivity contribution is -0.120. The molecule has 4 aromatic rings. The smallest absolute Gasteiger partial charge is 0.233 e. The highest BCUT2D eigenvalue weighted by Crippen LogP contribution is 2.29. The maximum atomic E-state index is 12.9. The van der Waals surface area contributed by atoms with Crippen LogP contribution in [0.4, 0.5) is 0 Å². The lowest BCUT2D eigenvalue weighted by Crippen LogP contribution is -2.33. The summed E-state index contributed by atoms with van der Waals surface area (Å²) in [7, 11) is 3.22. The van der Waals surface area contributed by atoms with Crippen LogP contribution < -0.4 is 14.8 Å². The SMILES string of the molecule is CCC(Sc1nnc2c3ccccc3n(CC)c2n1)C(=O)NCCc1ccc(OC)c(OC)c1. The third-order valence-corrected chi connectivity index (χ3v) is 6.96. The minimum absolute atomic E-state index is 0.0345. The van der Waals surface area contributed by atoms with Gasteiger partial charge in [0, 0.05) is 18.5 Å². The van der Waals surface area contributed by atoms with Crippen molar-refractivity contribution in [2.45, 2.75) is 43.6 Å². The highest BCUT2D eigenvalue weighted by atomic mass is 32.2. The van der Waals surface area contributed by atoms with Gasteiger partial charge in [-0.25, -0.2) is 4.98 Å². The summed E-state index contributed by atoms with van der Waals surface area (Å²) in [4.78, 5) is 17.6. The molecule has 0 aliphatic heterocycles. The second-order valence-electron chi connectivity index (χ2n) is 7.77. The highest BCUT2D eigenvalue weighted by Gasteiger charge is 2.21. The Morgan fingerprint density at radius 1 is 1.09 bits per heavy atom. The van der Waals surface area contributed by atoms with Crippen molar-refractivity contribution in [2.75, 3.05) is 20.8 Å². The maximum Gasteiger partial charge on any atom is 0.233 e. The number of amides is 1. The number of ether oxygens (including phenoxy) is 2. The van der Waals surface area contributed by atoms with Crippen LogP contribution in [-0.2, 0) is 17.8 Å². The minimum Gasteiger partial charge on any atom is -0.493 e. The Balaban J connectivity index is 1.43. The third kappa shape index (κ3) is 4.79. The van der Waals surface area contributed by atoms with Crippen molar-refractivity contribution in [3.05, 3.63) is 48.0 Å². The van der Waals surface area contributed by atoms with Gasteiger partial charge in [-0.2, -0.15) is 0 Å². The first-order chi connectivity index (χ1) is 16.6. The molecule has 1 unspecified atom stereocenters. The van der Waals surface area contributed by atoms with E-state index in [9.17, 15) is 4.79 Å². The van der Waals surface area contributed by atoms with E-state index < -0.39 is 0 Å². The van der Waals surface area contributed by atoms with E-state index in [4.69, 9.17) is 14.5 Å². The van der Waals surface area contributed by atoms with E-state index in [0.29, 0.717) is 36.0 Å². The Labute approximate surface area is 203 Å². The molecule has 4 rings (SSSR count). The van der Waals surface area contributed by atoms with E-state index >= 15 is 0 Å². The van der Waals surface area contributed by atoms with E-state index in [0.717, 1.165) is 34.2 Å². The summed E-state index contributed by atoms with van der Waals surface area (Å²) in [6.07, 6.45) is 1.35. The molecule has 2 aromatic heterocycles. The predicted octanol–water partition coefficient (Wildman–Crippen LogP) is 4.25. The van der Waals surface area contributed by atoms with Gasteiger partial charge in [0.15, 0.2) is 17.1 Å². The largest absolute Gasteiger partial charge is 0.493 e. The van der Waals surface area contributed by atoms with Crippen molar-refractivity contribution < 1.29 is 14.3 Å². The van der Waals surface area contributed by atoms with Crippen LogP contribution in [0.15, 0.2) is 47.6 Å². The zero-order valence-corrected chi connectivity index (χ0v) is 20.7. The van der Waals surface area contributed by atoms with Crippen LogP contribution in [0.3, 0.4) is 0 Å². The van der Waals surface area contributed by atoms with Crippen molar-refractivity contribution in [3.63, 3.8) is 0 Å². The van der Waals surface area contributed by atoms with Gasteiger partial charge < -0.3 is 19.4 Å². The summed E-state index contributed by atoms with van der Waals surface area (Å²) >= 11 is 1.35. The third-order valence-electron chi connectivity index (χ3n) is 5.74. The number of nitrogens with one attached hydrogen (secondary N) is 1. The molecule has 2 heterocycles. The second-order valence-corrected chi connectivity index (χ2v) is 8.94. The molecule has 1 N–H and O–H groups in total. The Morgan fingerprint density at radius 3 is 2.62 bits per heavy atom. The number of hydrogen-bond donors (Lipinski definition) is 1. The van der Waals surface area contributed by atoms with Crippen LogP contribution in [0.5, 0.6) is 11.5 Å². The number of benzene rings is 2. The molecule has 178 valence electrons. The topological polar surface area (TPSA) is 91.2 Å². The molecule has 0 spiro atoms. The molecule has 0 bridgehead atoms. The molecule has 9 heteroatoms. The zero-order chi connectivity index (χ0) is 24.1. The number of hydrogen-bond acceptors (Lipinski definition) is 7. The van der Waals surface area contributed by atoms with Gasteiger partial charge in [-0.1, -0.05) is 43.0 Å². The average Bonchev–Trinajstić information content (AvgIpc) is 3.19. The van der Waals surface area contributed by atoms with E-state index in [1.165, 1.54) is 11.8 Å². The van der Waals surface area contributed by atoms with Crippen molar-refractivity contribution in [2.24, 2.45) is 0 Å². The van der Waals surface area contributed by atoms with E-state index in [1.54, 1.807) is 14.2 Å². The number of aryl methyl sites for hydroxylation is 1. The average molecular weight is 480 g/mol. The molecule has 0 saturated carbocycles. The first kappa shape index (κ1) is 23.8. The molecule has 0 aliphatic carbocycles. The molecular weight excluding hydrogens is 450 g/mol. The van der Waals surface area contributed by atoms with Gasteiger partial charge in [-0.15, -0.1) is 10.2 Å². The Kier molecular flexibility index (Phi) is 7.52. The summed E-state index contributed by atoms with van der Waals surface area (Å²) in [5.74, 6) is 1.33. The number of aromatic nitrogens is 4. The lowest BCUT2D eigenvalue weighted by atomic mass is 10.1. The summed E-state index contributed by atoms with van der Waals surface area (Å²) in [6.45, 7) is 5.37. The predicted molar refractivity (Wildman–Crippen MR) is 135 cm³/mol. The Bertz CT molecular complexity index is 1310. The van der Waals surface area contributed by atoms with Crippen LogP contribution in [0.25, 0.3) is 22.1 Å². The van der Waals surface area contributed by atoms with Crippen LogP contribution >= 0.6 is 11.8 Å². The van der Waals surface area contributed by atoms with Gasteiger partial charge in [0.25, 0.3) is 0 Å². The Morgan fingerprint density at radius 2 is 1.88 bits per heavy atom. The van der Waals surface area contributed by atoms with Crippen LogP contribution in [0, 0.1) is 0 Å². The second kappa shape index (κ2) is 10.7. The summed E-state index contributed by atoms with van der Waals surface area (Å²) in [5, 5.41) is 13.0. The van der Waals surface area contributed by atoms with E-state index in [1.807, 2.05) is 43.3 Å².